The standard InChI is InChI=1S/C21H16N2O5S/c1-27-11-6-4-5-10(9-11)23-19(24)15-14-12-7-2-3-8-13(12)28-21(26)16(14)18(22)29-17(15)20(23)25/h2-9,14-15,17H,22H2,1H3/t14-,15+,17+/m0/s1. The van der Waals surface area contributed by atoms with Gasteiger partial charge in [0.1, 0.15) is 16.7 Å². The molecule has 7 nitrogen and oxygen atoms in total. The Kier molecular flexibility index (Phi) is 3.92. The highest BCUT2D eigenvalue weighted by atomic mass is 32.2. The topological polar surface area (TPSA) is 98.9 Å². The second kappa shape index (κ2) is 6.38. The molecule has 3 heterocycles. The number of carbonyl (C=O) groups is 3. The lowest BCUT2D eigenvalue weighted by molar-refractivity contribution is -0.131. The van der Waals surface area contributed by atoms with Crippen molar-refractivity contribution in [3.63, 3.8) is 0 Å². The molecule has 1 saturated heterocycles. The van der Waals surface area contributed by atoms with E-state index in [4.69, 9.17) is 15.2 Å². The van der Waals surface area contributed by atoms with Gasteiger partial charge in [0.2, 0.25) is 11.8 Å². The van der Waals surface area contributed by atoms with Gasteiger partial charge in [0.05, 0.1) is 29.3 Å². The minimum atomic E-state index is -0.741. The highest BCUT2D eigenvalue weighted by Crippen LogP contribution is 2.54. The summed E-state index contributed by atoms with van der Waals surface area (Å²) in [6, 6.07) is 13.8. The zero-order valence-electron chi connectivity index (χ0n) is 15.3. The molecule has 0 aliphatic carbocycles. The largest absolute Gasteiger partial charge is 0.497 e. The first-order chi connectivity index (χ1) is 14.0. The molecule has 0 spiro atoms. The Morgan fingerprint density at radius 1 is 1.07 bits per heavy atom. The summed E-state index contributed by atoms with van der Waals surface area (Å²) < 4.78 is 10.6. The van der Waals surface area contributed by atoms with Gasteiger partial charge in [-0.05, 0) is 18.2 Å². The van der Waals surface area contributed by atoms with Crippen LogP contribution >= 0.6 is 11.8 Å². The summed E-state index contributed by atoms with van der Waals surface area (Å²) in [6.07, 6.45) is 0. The van der Waals surface area contributed by atoms with Gasteiger partial charge in [-0.3, -0.25) is 9.59 Å². The van der Waals surface area contributed by atoms with Crippen LogP contribution in [0.15, 0.2) is 59.1 Å². The van der Waals surface area contributed by atoms with Crippen LogP contribution in [0.1, 0.15) is 11.5 Å². The molecule has 3 aliphatic heterocycles. The van der Waals surface area contributed by atoms with Gasteiger partial charge in [-0.15, -0.1) is 0 Å². The molecule has 2 aromatic carbocycles. The molecule has 5 rings (SSSR count). The number of nitrogens with zero attached hydrogens (tertiary/aromatic N) is 1. The highest BCUT2D eigenvalue weighted by Gasteiger charge is 2.58. The fourth-order valence-corrected chi connectivity index (χ4v) is 5.45. The van der Waals surface area contributed by atoms with Crippen molar-refractivity contribution in [2.75, 3.05) is 12.0 Å². The van der Waals surface area contributed by atoms with E-state index in [0.717, 1.165) is 11.8 Å². The third-order valence-electron chi connectivity index (χ3n) is 5.47. The molecule has 0 unspecified atom stereocenters. The second-order valence-electron chi connectivity index (χ2n) is 6.96. The van der Waals surface area contributed by atoms with E-state index in [1.807, 2.05) is 6.07 Å². The number of benzene rings is 2. The Labute approximate surface area is 170 Å². The number of thioether (sulfide) groups is 1. The van der Waals surface area contributed by atoms with E-state index in [1.54, 1.807) is 42.5 Å². The normalized spacial score (nSPS) is 25.3. The molecule has 146 valence electrons. The van der Waals surface area contributed by atoms with Gasteiger partial charge in [-0.2, -0.15) is 0 Å². The number of para-hydroxylation sites is 1. The van der Waals surface area contributed by atoms with Gasteiger partial charge in [-0.1, -0.05) is 36.0 Å². The minimum Gasteiger partial charge on any atom is -0.497 e. The Hall–Kier alpha value is -3.26. The molecule has 2 amide bonds. The lowest BCUT2D eigenvalue weighted by Crippen LogP contribution is -2.39. The summed E-state index contributed by atoms with van der Waals surface area (Å²) in [6.45, 7) is 0. The molecule has 0 bridgehead atoms. The molecule has 0 saturated carbocycles. The number of hydrogen-bond acceptors (Lipinski definition) is 7. The summed E-state index contributed by atoms with van der Waals surface area (Å²) in [7, 11) is 1.52. The fourth-order valence-electron chi connectivity index (χ4n) is 4.21. The molecule has 29 heavy (non-hydrogen) atoms. The Morgan fingerprint density at radius 2 is 1.86 bits per heavy atom. The van der Waals surface area contributed by atoms with Crippen LogP contribution in [0, 0.1) is 5.92 Å². The Bertz CT molecular complexity index is 1110. The van der Waals surface area contributed by atoms with Crippen LogP contribution in [0.5, 0.6) is 11.5 Å². The third-order valence-corrected chi connectivity index (χ3v) is 6.70. The van der Waals surface area contributed by atoms with Crippen LogP contribution in [-0.4, -0.2) is 30.1 Å². The van der Waals surface area contributed by atoms with E-state index in [0.29, 0.717) is 22.7 Å². The van der Waals surface area contributed by atoms with Crippen LogP contribution in [0.25, 0.3) is 0 Å². The number of rotatable bonds is 2. The van der Waals surface area contributed by atoms with Crippen molar-refractivity contribution in [2.45, 2.75) is 11.2 Å². The van der Waals surface area contributed by atoms with Crippen molar-refractivity contribution in [3.8, 4) is 11.5 Å². The third kappa shape index (κ3) is 2.49. The van der Waals surface area contributed by atoms with Crippen molar-refractivity contribution in [2.24, 2.45) is 11.7 Å². The summed E-state index contributed by atoms with van der Waals surface area (Å²) >= 11 is 1.05. The number of methoxy groups -OCH3 is 1. The van der Waals surface area contributed by atoms with Gasteiger partial charge >= 0.3 is 5.97 Å². The quantitative estimate of drug-likeness (QED) is 0.462. The smallest absolute Gasteiger partial charge is 0.342 e. The lowest BCUT2D eigenvalue weighted by Gasteiger charge is -2.36. The van der Waals surface area contributed by atoms with Crippen LogP contribution in [0.2, 0.25) is 0 Å². The molecule has 0 aromatic heterocycles. The van der Waals surface area contributed by atoms with Crippen molar-refractivity contribution < 1.29 is 23.9 Å². The first kappa shape index (κ1) is 17.8. The minimum absolute atomic E-state index is 0.226. The van der Waals surface area contributed by atoms with Gasteiger partial charge < -0.3 is 15.2 Å². The summed E-state index contributed by atoms with van der Waals surface area (Å²) in [4.78, 5) is 40.5. The molecular formula is C21H16N2O5S. The van der Waals surface area contributed by atoms with Gasteiger partial charge in [0, 0.05) is 17.5 Å². The number of nitrogens with two attached hydrogens (primary N) is 1. The molecule has 3 atom stereocenters. The number of fused-ring (bicyclic) bond motifs is 5. The monoisotopic (exact) mass is 408 g/mol. The summed E-state index contributed by atoms with van der Waals surface area (Å²) in [5, 5.41) is -0.481. The average Bonchev–Trinajstić information content (AvgIpc) is 2.97. The molecular weight excluding hydrogens is 392 g/mol. The van der Waals surface area contributed by atoms with Crippen molar-refractivity contribution >= 4 is 35.2 Å². The van der Waals surface area contributed by atoms with Gasteiger partial charge in [-0.25, -0.2) is 9.69 Å². The number of ether oxygens (including phenoxy) is 2. The SMILES string of the molecule is COc1cccc(N2C(=O)[C@H]3[C@@H](SC(N)=C4C(=O)Oc5ccccc5[C@H]43)C2=O)c1. The molecule has 2 N–H and O–H groups in total. The van der Waals surface area contributed by atoms with Crippen LogP contribution in [0.4, 0.5) is 5.69 Å². The Morgan fingerprint density at radius 3 is 2.66 bits per heavy atom. The van der Waals surface area contributed by atoms with Crippen molar-refractivity contribution in [3.05, 3.63) is 64.7 Å². The Balaban J connectivity index is 1.64. The molecule has 2 aromatic rings. The zero-order valence-corrected chi connectivity index (χ0v) is 16.1. The number of esters is 1. The van der Waals surface area contributed by atoms with E-state index in [-0.39, 0.29) is 22.4 Å². The van der Waals surface area contributed by atoms with E-state index in [1.165, 1.54) is 12.0 Å². The van der Waals surface area contributed by atoms with E-state index >= 15 is 0 Å². The highest BCUT2D eigenvalue weighted by molar-refractivity contribution is 8.04. The van der Waals surface area contributed by atoms with Crippen LogP contribution in [-0.2, 0) is 14.4 Å². The van der Waals surface area contributed by atoms with Crippen molar-refractivity contribution in [1.29, 1.82) is 0 Å². The first-order valence-electron chi connectivity index (χ1n) is 9.00. The first-order valence-corrected chi connectivity index (χ1v) is 9.88. The van der Waals surface area contributed by atoms with Crippen LogP contribution < -0.4 is 20.1 Å². The second-order valence-corrected chi connectivity index (χ2v) is 8.14. The van der Waals surface area contributed by atoms with E-state index in [9.17, 15) is 14.4 Å². The number of imide groups is 1. The molecule has 3 aliphatic rings. The molecule has 8 heteroatoms. The fraction of sp³-hybridized carbons (Fsp3) is 0.190. The predicted octanol–water partition coefficient (Wildman–Crippen LogP) is 2.17. The van der Waals surface area contributed by atoms with Gasteiger partial charge in [0.15, 0.2) is 0 Å². The van der Waals surface area contributed by atoms with Crippen molar-refractivity contribution in [1.82, 2.24) is 0 Å². The summed E-state index contributed by atoms with van der Waals surface area (Å²) in [5.41, 5.74) is 7.54. The maximum Gasteiger partial charge on any atom is 0.342 e. The lowest BCUT2D eigenvalue weighted by atomic mass is 9.77. The maximum atomic E-state index is 13.5. The zero-order chi connectivity index (χ0) is 20.3. The molecule has 0 radical (unpaired) electrons. The van der Waals surface area contributed by atoms with Crippen LogP contribution in [0.3, 0.4) is 0 Å². The van der Waals surface area contributed by atoms with Gasteiger partial charge in [0.25, 0.3) is 0 Å². The predicted molar refractivity (Wildman–Crippen MR) is 106 cm³/mol. The number of carbonyl (C=O) groups excluding carboxylic acids is 3. The number of amides is 2. The van der Waals surface area contributed by atoms with E-state index in [2.05, 4.69) is 0 Å². The number of hydrogen-bond donors (Lipinski definition) is 1. The maximum absolute atomic E-state index is 13.5. The average molecular weight is 408 g/mol. The van der Waals surface area contributed by atoms with E-state index < -0.39 is 23.1 Å². The number of anilines is 1. The molecule has 1 fully saturated rings. The summed E-state index contributed by atoms with van der Waals surface area (Å²) in [5.74, 6) is -1.71.